The zero-order chi connectivity index (χ0) is 13.9. The van der Waals surface area contributed by atoms with Crippen molar-refractivity contribution < 1.29 is 9.47 Å². The molecule has 4 nitrogen and oxygen atoms in total. The van der Waals surface area contributed by atoms with Crippen molar-refractivity contribution in [2.24, 2.45) is 0 Å². The Hall–Kier alpha value is -0.780. The van der Waals surface area contributed by atoms with Gasteiger partial charge in [-0.05, 0) is 32.2 Å². The molecule has 1 aromatic heterocycles. The Balaban J connectivity index is 2.08. The molecule has 5 heteroatoms. The molecule has 0 saturated carbocycles. The Morgan fingerprint density at radius 3 is 2.84 bits per heavy atom. The number of aromatic nitrogens is 1. The summed E-state index contributed by atoms with van der Waals surface area (Å²) in [7, 11) is 1.73. The lowest BCUT2D eigenvalue weighted by Gasteiger charge is -2.41. The largest absolute Gasteiger partial charge is 0.376 e. The summed E-state index contributed by atoms with van der Waals surface area (Å²) < 4.78 is 11.4. The van der Waals surface area contributed by atoms with Crippen LogP contribution < -0.4 is 4.90 Å². The second kappa shape index (κ2) is 6.11. The third-order valence-corrected chi connectivity index (χ3v) is 4.32. The van der Waals surface area contributed by atoms with Crippen LogP contribution in [0, 0.1) is 0 Å². The number of ether oxygens (including phenoxy) is 2. The predicted molar refractivity (Wildman–Crippen MR) is 79.1 cm³/mol. The minimum atomic E-state index is -0.273. The molecule has 1 fully saturated rings. The van der Waals surface area contributed by atoms with Crippen LogP contribution in [0.25, 0.3) is 0 Å². The van der Waals surface area contributed by atoms with Crippen molar-refractivity contribution in [3.05, 3.63) is 18.3 Å². The van der Waals surface area contributed by atoms with E-state index < -0.39 is 0 Å². The number of morpholine rings is 1. The Morgan fingerprint density at radius 2 is 2.26 bits per heavy atom. The maximum absolute atomic E-state index is 5.84. The van der Waals surface area contributed by atoms with Crippen LogP contribution >= 0.6 is 11.8 Å². The Bertz CT molecular complexity index is 408. The van der Waals surface area contributed by atoms with Gasteiger partial charge in [-0.1, -0.05) is 0 Å². The van der Waals surface area contributed by atoms with Crippen molar-refractivity contribution in [2.45, 2.75) is 30.6 Å². The lowest BCUT2D eigenvalue weighted by atomic mass is 9.99. The number of hydrogen-bond acceptors (Lipinski definition) is 5. The van der Waals surface area contributed by atoms with Crippen LogP contribution in [-0.4, -0.2) is 49.8 Å². The number of pyridine rings is 1. The van der Waals surface area contributed by atoms with Crippen LogP contribution in [0.4, 0.5) is 5.69 Å². The maximum Gasteiger partial charge on any atom is 0.103 e. The van der Waals surface area contributed by atoms with Gasteiger partial charge in [-0.2, -0.15) is 0 Å². The highest BCUT2D eigenvalue weighted by molar-refractivity contribution is 7.98. The van der Waals surface area contributed by atoms with E-state index in [0.29, 0.717) is 0 Å². The summed E-state index contributed by atoms with van der Waals surface area (Å²) in [5.41, 5.74) is 0.878. The molecular weight excluding hydrogens is 260 g/mol. The lowest BCUT2D eigenvalue weighted by Crippen LogP contribution is -2.52. The minimum absolute atomic E-state index is 0.0754. The molecule has 0 aromatic carbocycles. The summed E-state index contributed by atoms with van der Waals surface area (Å²) in [4.78, 5) is 6.74. The number of anilines is 1. The number of rotatable bonds is 4. The minimum Gasteiger partial charge on any atom is -0.376 e. The number of hydrogen-bond donors (Lipinski definition) is 0. The average molecular weight is 282 g/mol. The van der Waals surface area contributed by atoms with E-state index in [2.05, 4.69) is 35.9 Å². The first-order valence-corrected chi connectivity index (χ1v) is 7.71. The van der Waals surface area contributed by atoms with Gasteiger partial charge in [-0.25, -0.2) is 4.98 Å². The van der Waals surface area contributed by atoms with E-state index in [0.717, 1.165) is 30.4 Å². The first-order valence-electron chi connectivity index (χ1n) is 6.48. The molecule has 0 spiro atoms. The van der Waals surface area contributed by atoms with E-state index in [1.807, 2.05) is 12.5 Å². The van der Waals surface area contributed by atoms with Crippen LogP contribution in [0.15, 0.2) is 23.4 Å². The molecule has 106 valence electrons. The highest BCUT2D eigenvalue weighted by Crippen LogP contribution is 2.25. The average Bonchev–Trinajstić information content (AvgIpc) is 2.47. The molecule has 1 atom stereocenters. The van der Waals surface area contributed by atoms with Gasteiger partial charge < -0.3 is 14.4 Å². The fourth-order valence-electron chi connectivity index (χ4n) is 2.12. The van der Waals surface area contributed by atoms with Crippen LogP contribution in [0.1, 0.15) is 13.8 Å². The molecule has 1 aromatic rings. The van der Waals surface area contributed by atoms with Gasteiger partial charge in [0, 0.05) is 20.2 Å². The summed E-state index contributed by atoms with van der Waals surface area (Å²) in [6.07, 6.45) is 4.05. The number of methoxy groups -OCH3 is 1. The molecule has 19 heavy (non-hydrogen) atoms. The zero-order valence-electron chi connectivity index (χ0n) is 12.0. The molecule has 2 rings (SSSR count). The first kappa shape index (κ1) is 14.6. The van der Waals surface area contributed by atoms with Gasteiger partial charge >= 0.3 is 0 Å². The molecule has 0 aliphatic carbocycles. The van der Waals surface area contributed by atoms with Crippen molar-refractivity contribution in [1.29, 1.82) is 0 Å². The van der Waals surface area contributed by atoms with Gasteiger partial charge in [0.1, 0.15) is 6.10 Å². The van der Waals surface area contributed by atoms with Crippen molar-refractivity contribution in [3.63, 3.8) is 0 Å². The number of nitrogens with zero attached hydrogens (tertiary/aromatic N) is 2. The summed E-state index contributed by atoms with van der Waals surface area (Å²) in [5.74, 6) is 0. The number of thioether (sulfide) groups is 1. The van der Waals surface area contributed by atoms with Gasteiger partial charge in [-0.3, -0.25) is 0 Å². The molecule has 2 heterocycles. The van der Waals surface area contributed by atoms with E-state index in [1.165, 1.54) is 0 Å². The smallest absolute Gasteiger partial charge is 0.103 e. The second-order valence-electron chi connectivity index (χ2n) is 5.17. The predicted octanol–water partition coefficient (Wildman–Crippen LogP) is 2.43. The summed E-state index contributed by atoms with van der Waals surface area (Å²) >= 11 is 1.66. The van der Waals surface area contributed by atoms with Gasteiger partial charge in [0.15, 0.2) is 0 Å². The van der Waals surface area contributed by atoms with Crippen molar-refractivity contribution in [1.82, 2.24) is 4.98 Å². The molecule has 0 amide bonds. The third-order valence-electron chi connectivity index (χ3n) is 3.66. The van der Waals surface area contributed by atoms with Crippen LogP contribution in [0.3, 0.4) is 0 Å². The fourth-order valence-corrected chi connectivity index (χ4v) is 2.48. The lowest BCUT2D eigenvalue weighted by molar-refractivity contribution is -0.113. The fraction of sp³-hybridized carbons (Fsp3) is 0.643. The second-order valence-corrected chi connectivity index (χ2v) is 6.00. The van der Waals surface area contributed by atoms with E-state index in [-0.39, 0.29) is 11.7 Å². The van der Waals surface area contributed by atoms with E-state index in [9.17, 15) is 0 Å². The molecular formula is C14H22N2O2S. The normalized spacial score (nSPS) is 20.6. The summed E-state index contributed by atoms with van der Waals surface area (Å²) in [6, 6.07) is 4.19. The van der Waals surface area contributed by atoms with E-state index >= 15 is 0 Å². The Morgan fingerprint density at radius 1 is 1.47 bits per heavy atom. The zero-order valence-corrected chi connectivity index (χ0v) is 12.9. The molecule has 0 unspecified atom stereocenters. The van der Waals surface area contributed by atoms with Gasteiger partial charge in [-0.15, -0.1) is 11.8 Å². The third kappa shape index (κ3) is 3.41. The van der Waals surface area contributed by atoms with Crippen molar-refractivity contribution in [2.75, 3.05) is 38.0 Å². The molecule has 0 bridgehead atoms. The standard InChI is InChI=1S/C14H22N2O2S/c1-14(2,17-3)12-10-16(7-8-18-12)11-5-6-13(19-4)15-9-11/h5-6,9,12H,7-8,10H2,1-4H3/t12-/m0/s1. The quantitative estimate of drug-likeness (QED) is 0.792. The van der Waals surface area contributed by atoms with Crippen LogP contribution in [0.5, 0.6) is 0 Å². The van der Waals surface area contributed by atoms with Gasteiger partial charge in [0.2, 0.25) is 0 Å². The van der Waals surface area contributed by atoms with Gasteiger partial charge in [0.25, 0.3) is 0 Å². The molecule has 1 aliphatic rings. The Kier molecular flexibility index (Phi) is 4.71. The van der Waals surface area contributed by atoms with E-state index in [4.69, 9.17) is 9.47 Å². The van der Waals surface area contributed by atoms with Crippen molar-refractivity contribution in [3.8, 4) is 0 Å². The highest BCUT2D eigenvalue weighted by Gasteiger charge is 2.34. The molecule has 1 saturated heterocycles. The van der Waals surface area contributed by atoms with E-state index in [1.54, 1.807) is 18.9 Å². The summed E-state index contributed by atoms with van der Waals surface area (Å²) in [6.45, 7) is 6.59. The highest BCUT2D eigenvalue weighted by atomic mass is 32.2. The topological polar surface area (TPSA) is 34.6 Å². The van der Waals surface area contributed by atoms with Gasteiger partial charge in [0.05, 0.1) is 29.1 Å². The molecule has 0 N–H and O–H groups in total. The first-order chi connectivity index (χ1) is 9.06. The monoisotopic (exact) mass is 282 g/mol. The van der Waals surface area contributed by atoms with Crippen LogP contribution in [-0.2, 0) is 9.47 Å². The summed E-state index contributed by atoms with van der Waals surface area (Å²) in [5, 5.41) is 1.05. The molecule has 1 aliphatic heterocycles. The maximum atomic E-state index is 5.84. The SMILES string of the molecule is COC(C)(C)[C@@H]1CN(c2ccc(SC)nc2)CCO1. The molecule has 0 radical (unpaired) electrons. The Labute approximate surface area is 119 Å². The van der Waals surface area contributed by atoms with Crippen molar-refractivity contribution >= 4 is 17.4 Å². The van der Waals surface area contributed by atoms with Crippen LogP contribution in [0.2, 0.25) is 0 Å².